The van der Waals surface area contributed by atoms with E-state index >= 15 is 0 Å². The maximum atomic E-state index is 12.3. The molecule has 3 rings (SSSR count). The Labute approximate surface area is 131 Å². The van der Waals surface area contributed by atoms with Gasteiger partial charge in [0, 0.05) is 23.3 Å². The molecule has 0 aliphatic heterocycles. The standard InChI is InChI=1S/C16H13N3O2S/c1-21-14-5-3-2-4-12(14)15(20)19-16-18-13(10-22-16)11-6-8-17-9-7-11/h2-10H,1H3,(H,18,19,20). The lowest BCUT2D eigenvalue weighted by atomic mass is 10.2. The predicted octanol–water partition coefficient (Wildman–Crippen LogP) is 3.47. The molecule has 0 atom stereocenters. The van der Waals surface area contributed by atoms with Gasteiger partial charge < -0.3 is 4.74 Å². The second kappa shape index (κ2) is 6.36. The molecule has 2 heterocycles. The molecule has 0 fully saturated rings. The summed E-state index contributed by atoms with van der Waals surface area (Å²) in [5.41, 5.74) is 2.25. The number of pyridine rings is 1. The zero-order valence-electron chi connectivity index (χ0n) is 11.8. The molecule has 110 valence electrons. The molecule has 0 unspecified atom stereocenters. The van der Waals surface area contributed by atoms with E-state index < -0.39 is 0 Å². The lowest BCUT2D eigenvalue weighted by Crippen LogP contribution is -2.12. The molecule has 5 nitrogen and oxygen atoms in total. The number of ether oxygens (including phenoxy) is 1. The van der Waals surface area contributed by atoms with Crippen molar-refractivity contribution < 1.29 is 9.53 Å². The molecule has 1 N–H and O–H groups in total. The Hall–Kier alpha value is -2.73. The number of carbonyl (C=O) groups excluding carboxylic acids is 1. The average molecular weight is 311 g/mol. The highest BCUT2D eigenvalue weighted by Gasteiger charge is 2.13. The van der Waals surface area contributed by atoms with Crippen LogP contribution in [0.25, 0.3) is 11.3 Å². The molecule has 0 saturated heterocycles. The van der Waals surface area contributed by atoms with Crippen LogP contribution in [0.4, 0.5) is 5.13 Å². The van der Waals surface area contributed by atoms with Gasteiger partial charge in [-0.25, -0.2) is 4.98 Å². The summed E-state index contributed by atoms with van der Waals surface area (Å²) in [6.07, 6.45) is 3.42. The number of aromatic nitrogens is 2. The molecule has 0 aliphatic rings. The molecule has 1 aromatic carbocycles. The third kappa shape index (κ3) is 2.96. The number of nitrogens with one attached hydrogen (secondary N) is 1. The maximum absolute atomic E-state index is 12.3. The Kier molecular flexibility index (Phi) is 4.11. The van der Waals surface area contributed by atoms with Gasteiger partial charge in [0.2, 0.25) is 0 Å². The summed E-state index contributed by atoms with van der Waals surface area (Å²) in [4.78, 5) is 20.7. The number of rotatable bonds is 4. The lowest BCUT2D eigenvalue weighted by molar-refractivity contribution is 0.102. The van der Waals surface area contributed by atoms with Crippen LogP contribution in [-0.4, -0.2) is 23.0 Å². The average Bonchev–Trinajstić information content (AvgIpc) is 3.04. The SMILES string of the molecule is COc1ccccc1C(=O)Nc1nc(-c2ccncc2)cs1. The summed E-state index contributed by atoms with van der Waals surface area (Å²) >= 11 is 1.38. The Morgan fingerprint density at radius 1 is 1.18 bits per heavy atom. The fourth-order valence-corrected chi connectivity index (χ4v) is 2.70. The van der Waals surface area contributed by atoms with Crippen LogP contribution in [0.1, 0.15) is 10.4 Å². The number of anilines is 1. The highest BCUT2D eigenvalue weighted by Crippen LogP contribution is 2.25. The molecule has 0 saturated carbocycles. The Morgan fingerprint density at radius 2 is 1.95 bits per heavy atom. The predicted molar refractivity (Wildman–Crippen MR) is 86.3 cm³/mol. The van der Waals surface area contributed by atoms with Gasteiger partial charge in [-0.05, 0) is 24.3 Å². The first-order valence-corrected chi connectivity index (χ1v) is 7.46. The number of amides is 1. The first-order valence-electron chi connectivity index (χ1n) is 6.58. The first-order chi connectivity index (χ1) is 10.8. The van der Waals surface area contributed by atoms with Gasteiger partial charge in [-0.15, -0.1) is 11.3 Å². The van der Waals surface area contributed by atoms with E-state index in [1.54, 1.807) is 30.6 Å². The third-order valence-electron chi connectivity index (χ3n) is 3.05. The monoisotopic (exact) mass is 311 g/mol. The molecule has 0 radical (unpaired) electrons. The molecule has 2 aromatic heterocycles. The number of thiazole rings is 1. The quantitative estimate of drug-likeness (QED) is 0.801. The molecule has 3 aromatic rings. The van der Waals surface area contributed by atoms with Crippen LogP contribution in [0.15, 0.2) is 54.2 Å². The fraction of sp³-hybridized carbons (Fsp3) is 0.0625. The summed E-state index contributed by atoms with van der Waals surface area (Å²) in [6, 6.07) is 10.8. The fourth-order valence-electron chi connectivity index (χ4n) is 1.98. The minimum atomic E-state index is -0.243. The van der Waals surface area contributed by atoms with Crippen molar-refractivity contribution in [3.63, 3.8) is 0 Å². The molecule has 0 aliphatic carbocycles. The van der Waals surface area contributed by atoms with Crippen LogP contribution in [0.3, 0.4) is 0 Å². The van der Waals surface area contributed by atoms with Crippen LogP contribution in [0.2, 0.25) is 0 Å². The lowest BCUT2D eigenvalue weighted by Gasteiger charge is -2.07. The van der Waals surface area contributed by atoms with Crippen LogP contribution >= 0.6 is 11.3 Å². The van der Waals surface area contributed by atoms with Crippen molar-refractivity contribution >= 4 is 22.4 Å². The summed E-state index contributed by atoms with van der Waals surface area (Å²) in [5, 5.41) is 5.24. The van der Waals surface area contributed by atoms with Crippen LogP contribution < -0.4 is 10.1 Å². The number of carbonyl (C=O) groups is 1. The van der Waals surface area contributed by atoms with E-state index in [4.69, 9.17) is 4.74 Å². The van der Waals surface area contributed by atoms with Crippen molar-refractivity contribution in [2.75, 3.05) is 12.4 Å². The number of benzene rings is 1. The Morgan fingerprint density at radius 3 is 2.73 bits per heavy atom. The van der Waals surface area contributed by atoms with Gasteiger partial charge in [-0.2, -0.15) is 0 Å². The smallest absolute Gasteiger partial charge is 0.261 e. The van der Waals surface area contributed by atoms with E-state index in [1.165, 1.54) is 18.4 Å². The molecular formula is C16H13N3O2S. The summed E-state index contributed by atoms with van der Waals surface area (Å²) in [5.74, 6) is 0.291. The van der Waals surface area contributed by atoms with Crippen molar-refractivity contribution in [3.8, 4) is 17.0 Å². The normalized spacial score (nSPS) is 10.2. The number of methoxy groups -OCH3 is 1. The van der Waals surface area contributed by atoms with Crippen molar-refractivity contribution in [1.29, 1.82) is 0 Å². The highest BCUT2D eigenvalue weighted by molar-refractivity contribution is 7.14. The molecule has 22 heavy (non-hydrogen) atoms. The molecule has 1 amide bonds. The van der Waals surface area contributed by atoms with Crippen molar-refractivity contribution in [3.05, 3.63) is 59.7 Å². The number of nitrogens with zero attached hydrogens (tertiary/aromatic N) is 2. The van der Waals surface area contributed by atoms with Crippen LogP contribution in [0, 0.1) is 0 Å². The van der Waals surface area contributed by atoms with Crippen molar-refractivity contribution in [2.45, 2.75) is 0 Å². The van der Waals surface area contributed by atoms with E-state index in [0.717, 1.165) is 11.3 Å². The summed E-state index contributed by atoms with van der Waals surface area (Å²) in [6.45, 7) is 0. The zero-order chi connectivity index (χ0) is 15.4. The largest absolute Gasteiger partial charge is 0.496 e. The Bertz CT molecular complexity index is 787. The van der Waals surface area contributed by atoms with E-state index in [-0.39, 0.29) is 5.91 Å². The van der Waals surface area contributed by atoms with E-state index in [0.29, 0.717) is 16.4 Å². The van der Waals surface area contributed by atoms with Crippen molar-refractivity contribution in [2.24, 2.45) is 0 Å². The van der Waals surface area contributed by atoms with Crippen LogP contribution in [0.5, 0.6) is 5.75 Å². The van der Waals surface area contributed by atoms with Gasteiger partial charge in [-0.1, -0.05) is 12.1 Å². The maximum Gasteiger partial charge on any atom is 0.261 e. The van der Waals surface area contributed by atoms with E-state index in [2.05, 4.69) is 15.3 Å². The molecule has 0 bridgehead atoms. The van der Waals surface area contributed by atoms with Gasteiger partial charge in [0.1, 0.15) is 5.75 Å². The second-order valence-corrected chi connectivity index (χ2v) is 5.29. The van der Waals surface area contributed by atoms with E-state index in [1.807, 2.05) is 23.6 Å². The van der Waals surface area contributed by atoms with Gasteiger partial charge in [0.15, 0.2) is 5.13 Å². The minimum Gasteiger partial charge on any atom is -0.496 e. The first kappa shape index (κ1) is 14.2. The van der Waals surface area contributed by atoms with Gasteiger partial charge in [0.05, 0.1) is 18.4 Å². The summed E-state index contributed by atoms with van der Waals surface area (Å²) in [7, 11) is 1.54. The highest BCUT2D eigenvalue weighted by atomic mass is 32.1. The molecule has 6 heteroatoms. The topological polar surface area (TPSA) is 64.1 Å². The Balaban J connectivity index is 1.79. The van der Waals surface area contributed by atoms with Gasteiger partial charge >= 0.3 is 0 Å². The van der Waals surface area contributed by atoms with Crippen molar-refractivity contribution in [1.82, 2.24) is 9.97 Å². The number of hydrogen-bond donors (Lipinski definition) is 1. The minimum absolute atomic E-state index is 0.243. The van der Waals surface area contributed by atoms with E-state index in [9.17, 15) is 4.79 Å². The summed E-state index contributed by atoms with van der Waals surface area (Å²) < 4.78 is 5.19. The number of para-hydroxylation sites is 1. The van der Waals surface area contributed by atoms with Gasteiger partial charge in [0.25, 0.3) is 5.91 Å². The zero-order valence-corrected chi connectivity index (χ0v) is 12.6. The molecular weight excluding hydrogens is 298 g/mol. The third-order valence-corrected chi connectivity index (χ3v) is 3.81. The van der Waals surface area contributed by atoms with Crippen LogP contribution in [-0.2, 0) is 0 Å². The molecule has 0 spiro atoms. The number of hydrogen-bond acceptors (Lipinski definition) is 5. The van der Waals surface area contributed by atoms with Gasteiger partial charge in [-0.3, -0.25) is 15.1 Å². The second-order valence-electron chi connectivity index (χ2n) is 4.43.